The summed E-state index contributed by atoms with van der Waals surface area (Å²) in [4.78, 5) is 19.2. The van der Waals surface area contributed by atoms with E-state index in [-0.39, 0.29) is 6.09 Å². The zero-order valence-corrected chi connectivity index (χ0v) is 24.5. The summed E-state index contributed by atoms with van der Waals surface area (Å²) in [6, 6.07) is 18.3. The van der Waals surface area contributed by atoms with E-state index in [1.54, 1.807) is 4.90 Å². The highest BCUT2D eigenvalue weighted by molar-refractivity contribution is 5.71. The normalized spacial score (nSPS) is 16.7. The number of benzene rings is 2. The number of carbonyl (C=O) groups excluding carboxylic acids is 1. The van der Waals surface area contributed by atoms with Crippen LogP contribution in [0.1, 0.15) is 43.2 Å². The van der Waals surface area contributed by atoms with E-state index >= 15 is 0 Å². The van der Waals surface area contributed by atoms with E-state index in [9.17, 15) is 15.2 Å². The smallest absolute Gasteiger partial charge is 0.410 e. The zero-order chi connectivity index (χ0) is 29.1. The van der Waals surface area contributed by atoms with Crippen molar-refractivity contribution in [3.8, 4) is 17.3 Å². The van der Waals surface area contributed by atoms with Gasteiger partial charge in [-0.15, -0.1) is 0 Å². The van der Waals surface area contributed by atoms with Gasteiger partial charge in [0.1, 0.15) is 11.7 Å². The van der Waals surface area contributed by atoms with Crippen LogP contribution in [0.5, 0.6) is 0 Å². The summed E-state index contributed by atoms with van der Waals surface area (Å²) in [7, 11) is 0. The van der Waals surface area contributed by atoms with Crippen LogP contribution in [0.4, 0.5) is 10.5 Å². The Kier molecular flexibility index (Phi) is 8.34. The lowest BCUT2D eigenvalue weighted by molar-refractivity contribution is 0.0221. The number of aliphatic hydroxyl groups is 1. The number of ether oxygens (including phenoxy) is 1. The SMILES string of the molecule is Cc1ccc(-c2nn(CC(O)CN3CCN(c4ccccc4C#N)CC3)c3c2CN(C(=O)OC(C)(C)C)CC3)cc1. The number of anilines is 1. The number of amides is 1. The Bertz CT molecular complexity index is 1410. The van der Waals surface area contributed by atoms with Crippen LogP contribution < -0.4 is 4.90 Å². The van der Waals surface area contributed by atoms with Crippen LogP contribution in [0.3, 0.4) is 0 Å². The average Bonchev–Trinajstić information content (AvgIpc) is 3.30. The molecule has 1 amide bonds. The van der Waals surface area contributed by atoms with Gasteiger partial charge in [0.15, 0.2) is 0 Å². The van der Waals surface area contributed by atoms with E-state index < -0.39 is 11.7 Å². The fourth-order valence-corrected chi connectivity index (χ4v) is 5.64. The third-order valence-corrected chi connectivity index (χ3v) is 7.70. The standard InChI is InChI=1S/C32H40N6O3/c1-23-9-11-24(12-10-23)30-27-22-37(31(40)41-32(2,3)4)14-13-29(27)38(34-30)21-26(39)20-35-15-17-36(18-16-35)28-8-6-5-7-25(28)19-33/h5-12,26,39H,13-18,20-22H2,1-4H3. The molecular formula is C32H40N6O3. The van der Waals surface area contributed by atoms with E-state index in [1.807, 2.05) is 49.7 Å². The number of hydrogen-bond donors (Lipinski definition) is 1. The molecule has 9 nitrogen and oxygen atoms in total. The molecule has 216 valence electrons. The molecule has 1 N–H and O–H groups in total. The van der Waals surface area contributed by atoms with E-state index in [1.165, 1.54) is 5.56 Å². The molecule has 1 saturated heterocycles. The number of para-hydroxylation sites is 1. The molecule has 1 unspecified atom stereocenters. The second kappa shape index (κ2) is 11.9. The zero-order valence-electron chi connectivity index (χ0n) is 24.5. The van der Waals surface area contributed by atoms with Crippen molar-refractivity contribution in [3.63, 3.8) is 0 Å². The van der Waals surface area contributed by atoms with Crippen molar-refractivity contribution in [1.82, 2.24) is 19.6 Å². The van der Waals surface area contributed by atoms with Crippen molar-refractivity contribution in [3.05, 3.63) is 70.9 Å². The van der Waals surface area contributed by atoms with Gasteiger partial charge < -0.3 is 19.6 Å². The summed E-state index contributed by atoms with van der Waals surface area (Å²) in [6.45, 7) is 12.8. The van der Waals surface area contributed by atoms with Gasteiger partial charge >= 0.3 is 6.09 Å². The quantitative estimate of drug-likeness (QED) is 0.486. The minimum absolute atomic E-state index is 0.317. The van der Waals surface area contributed by atoms with Crippen molar-refractivity contribution in [1.29, 1.82) is 5.26 Å². The van der Waals surface area contributed by atoms with Gasteiger partial charge in [0.25, 0.3) is 0 Å². The van der Waals surface area contributed by atoms with Crippen molar-refractivity contribution >= 4 is 11.8 Å². The molecule has 9 heteroatoms. The lowest BCUT2D eigenvalue weighted by Crippen LogP contribution is -2.49. The lowest BCUT2D eigenvalue weighted by atomic mass is 10.0. The molecule has 3 heterocycles. The maximum Gasteiger partial charge on any atom is 0.410 e. The molecule has 0 saturated carbocycles. The van der Waals surface area contributed by atoms with Gasteiger partial charge in [-0.25, -0.2) is 4.79 Å². The first-order valence-corrected chi connectivity index (χ1v) is 14.4. The van der Waals surface area contributed by atoms with E-state index in [0.29, 0.717) is 38.2 Å². The van der Waals surface area contributed by atoms with Gasteiger partial charge in [0.05, 0.1) is 36.1 Å². The van der Waals surface area contributed by atoms with Gasteiger partial charge in [0.2, 0.25) is 0 Å². The van der Waals surface area contributed by atoms with E-state index in [2.05, 4.69) is 47.1 Å². The summed E-state index contributed by atoms with van der Waals surface area (Å²) in [5.74, 6) is 0. The van der Waals surface area contributed by atoms with Crippen LogP contribution in [0.15, 0.2) is 48.5 Å². The first kappa shape index (κ1) is 28.7. The highest BCUT2D eigenvalue weighted by atomic mass is 16.6. The summed E-state index contributed by atoms with van der Waals surface area (Å²) in [6.07, 6.45) is -0.258. The molecule has 2 aliphatic heterocycles. The Morgan fingerprint density at radius 2 is 1.76 bits per heavy atom. The number of nitriles is 1. The number of rotatable bonds is 6. The Labute approximate surface area is 242 Å². The molecule has 2 aromatic carbocycles. The van der Waals surface area contributed by atoms with Crippen LogP contribution in [0.2, 0.25) is 0 Å². The number of aryl methyl sites for hydroxylation is 1. The fraction of sp³-hybridized carbons (Fsp3) is 0.469. The number of fused-ring (bicyclic) bond motifs is 1. The number of aromatic nitrogens is 2. The van der Waals surface area contributed by atoms with Crippen LogP contribution in [-0.2, 0) is 24.2 Å². The molecule has 0 aliphatic carbocycles. The lowest BCUT2D eigenvalue weighted by Gasteiger charge is -2.37. The maximum atomic E-state index is 12.9. The molecule has 1 atom stereocenters. The molecule has 41 heavy (non-hydrogen) atoms. The molecule has 5 rings (SSSR count). The number of nitrogens with zero attached hydrogens (tertiary/aromatic N) is 6. The van der Waals surface area contributed by atoms with Crippen molar-refractivity contribution < 1.29 is 14.6 Å². The number of hydrogen-bond acceptors (Lipinski definition) is 7. The Balaban J connectivity index is 1.28. The van der Waals surface area contributed by atoms with Gasteiger partial charge in [-0.05, 0) is 39.8 Å². The second-order valence-electron chi connectivity index (χ2n) is 12.0. The van der Waals surface area contributed by atoms with Crippen molar-refractivity contribution in [2.75, 3.05) is 44.2 Å². The fourth-order valence-electron chi connectivity index (χ4n) is 5.64. The predicted octanol–water partition coefficient (Wildman–Crippen LogP) is 4.21. The molecule has 3 aromatic rings. The first-order chi connectivity index (χ1) is 19.6. The summed E-state index contributed by atoms with van der Waals surface area (Å²) in [5, 5.41) is 25.6. The molecule has 1 fully saturated rings. The molecule has 0 spiro atoms. The van der Waals surface area contributed by atoms with E-state index in [4.69, 9.17) is 9.84 Å². The molecule has 0 radical (unpaired) electrons. The highest BCUT2D eigenvalue weighted by Crippen LogP contribution is 2.31. The highest BCUT2D eigenvalue weighted by Gasteiger charge is 2.31. The van der Waals surface area contributed by atoms with Gasteiger partial charge in [-0.2, -0.15) is 10.4 Å². The largest absolute Gasteiger partial charge is 0.444 e. The number of carbonyl (C=O) groups is 1. The maximum absolute atomic E-state index is 12.9. The van der Waals surface area contributed by atoms with E-state index in [0.717, 1.165) is 54.4 Å². The number of piperazine rings is 1. The van der Waals surface area contributed by atoms with Gasteiger partial charge in [0, 0.05) is 62.5 Å². The Hall–Kier alpha value is -3.87. The Morgan fingerprint density at radius 1 is 1.05 bits per heavy atom. The number of aliphatic hydroxyl groups excluding tert-OH is 1. The van der Waals surface area contributed by atoms with Crippen LogP contribution in [0, 0.1) is 18.3 Å². The first-order valence-electron chi connectivity index (χ1n) is 14.4. The minimum atomic E-state index is -0.591. The summed E-state index contributed by atoms with van der Waals surface area (Å²) in [5.41, 5.74) is 6.21. The topological polar surface area (TPSA) is 97.9 Å². The third kappa shape index (κ3) is 6.72. The third-order valence-electron chi connectivity index (χ3n) is 7.70. The van der Waals surface area contributed by atoms with Crippen LogP contribution in [0.25, 0.3) is 11.3 Å². The molecule has 2 aliphatic rings. The number of β-amino-alcohol motifs (C(OH)–C–C–N with tert-alkyl or cyclic N) is 1. The average molecular weight is 557 g/mol. The van der Waals surface area contributed by atoms with Crippen molar-refractivity contribution in [2.24, 2.45) is 0 Å². The van der Waals surface area contributed by atoms with Crippen molar-refractivity contribution in [2.45, 2.75) is 58.9 Å². The summed E-state index contributed by atoms with van der Waals surface area (Å²) < 4.78 is 7.60. The molecular weight excluding hydrogens is 516 g/mol. The minimum Gasteiger partial charge on any atom is -0.444 e. The summed E-state index contributed by atoms with van der Waals surface area (Å²) >= 11 is 0. The van der Waals surface area contributed by atoms with Gasteiger partial charge in [-0.3, -0.25) is 9.58 Å². The predicted molar refractivity (Wildman–Crippen MR) is 159 cm³/mol. The molecule has 0 bridgehead atoms. The monoisotopic (exact) mass is 556 g/mol. The Morgan fingerprint density at radius 3 is 2.44 bits per heavy atom. The van der Waals surface area contributed by atoms with Crippen LogP contribution >= 0.6 is 0 Å². The molecule has 1 aromatic heterocycles. The second-order valence-corrected chi connectivity index (χ2v) is 12.0. The van der Waals surface area contributed by atoms with Gasteiger partial charge in [-0.1, -0.05) is 42.0 Å². The van der Waals surface area contributed by atoms with Crippen LogP contribution in [-0.4, -0.2) is 81.8 Å².